The third kappa shape index (κ3) is 2.37. The average Bonchev–Trinajstić information content (AvgIpc) is 2.54. The van der Waals surface area contributed by atoms with Crippen LogP contribution in [0.25, 0.3) is 0 Å². The molecule has 84 valence electrons. The van der Waals surface area contributed by atoms with Crippen LogP contribution in [0.3, 0.4) is 0 Å². The van der Waals surface area contributed by atoms with Crippen LogP contribution < -0.4 is 5.32 Å². The molecular formula is C11H19N3O. The second kappa shape index (κ2) is 4.75. The third-order valence-electron chi connectivity index (χ3n) is 3.25. The Bertz CT molecular complexity index is 311. The number of rotatable bonds is 2. The van der Waals surface area contributed by atoms with Gasteiger partial charge in [0.15, 0.2) is 5.82 Å². The molecule has 2 rings (SSSR count). The van der Waals surface area contributed by atoms with E-state index >= 15 is 0 Å². The van der Waals surface area contributed by atoms with Crippen LogP contribution in [0.15, 0.2) is 4.52 Å². The number of nitrogens with one attached hydrogen (secondary N) is 1. The highest BCUT2D eigenvalue weighted by Gasteiger charge is 2.28. The Kier molecular flexibility index (Phi) is 3.36. The molecule has 1 heterocycles. The first-order valence-electron chi connectivity index (χ1n) is 5.78. The van der Waals surface area contributed by atoms with Gasteiger partial charge in [-0.05, 0) is 26.8 Å². The molecule has 1 N–H and O–H groups in total. The van der Waals surface area contributed by atoms with E-state index in [-0.39, 0.29) is 0 Å². The summed E-state index contributed by atoms with van der Waals surface area (Å²) in [4.78, 5) is 4.36. The zero-order chi connectivity index (χ0) is 10.7. The molecule has 0 amide bonds. The van der Waals surface area contributed by atoms with E-state index in [0.717, 1.165) is 18.1 Å². The lowest BCUT2D eigenvalue weighted by Gasteiger charge is -2.20. The number of likely N-dealkylation sites (N-methyl/N-ethyl adjacent to an activating group) is 1. The summed E-state index contributed by atoms with van der Waals surface area (Å²) in [5.74, 6) is 1.96. The van der Waals surface area contributed by atoms with Crippen LogP contribution in [0.1, 0.15) is 49.7 Å². The van der Waals surface area contributed by atoms with Gasteiger partial charge in [0.1, 0.15) is 0 Å². The van der Waals surface area contributed by atoms with E-state index in [1.165, 1.54) is 25.7 Å². The van der Waals surface area contributed by atoms with Crippen molar-refractivity contribution in [1.29, 1.82) is 0 Å². The monoisotopic (exact) mass is 209 g/mol. The summed E-state index contributed by atoms with van der Waals surface area (Å²) in [6.07, 6.45) is 6.26. The second-order valence-corrected chi connectivity index (χ2v) is 4.32. The van der Waals surface area contributed by atoms with Crippen LogP contribution in [-0.4, -0.2) is 23.2 Å². The molecule has 4 nitrogen and oxygen atoms in total. The van der Waals surface area contributed by atoms with Gasteiger partial charge in [-0.2, -0.15) is 4.98 Å². The Balaban J connectivity index is 2.16. The molecule has 1 aromatic heterocycles. The van der Waals surface area contributed by atoms with E-state index in [2.05, 4.69) is 15.5 Å². The van der Waals surface area contributed by atoms with E-state index in [1.54, 1.807) is 0 Å². The topological polar surface area (TPSA) is 51.0 Å². The zero-order valence-corrected chi connectivity index (χ0v) is 9.49. The molecule has 1 aliphatic carbocycles. The lowest BCUT2D eigenvalue weighted by Crippen LogP contribution is -2.31. The number of hydrogen-bond acceptors (Lipinski definition) is 4. The lowest BCUT2D eigenvalue weighted by atomic mass is 9.95. The van der Waals surface area contributed by atoms with Gasteiger partial charge >= 0.3 is 0 Å². The standard InChI is InChI=1S/C11H19N3O/c1-8-13-11(15-14-8)9-6-4-3-5-7-10(9)12-2/h9-10,12H,3-7H2,1-2H3. The van der Waals surface area contributed by atoms with Gasteiger partial charge in [0.25, 0.3) is 0 Å². The highest BCUT2D eigenvalue weighted by atomic mass is 16.5. The SMILES string of the molecule is CNC1CCCCCC1c1nc(C)no1. The number of hydrogen-bond donors (Lipinski definition) is 1. The lowest BCUT2D eigenvalue weighted by molar-refractivity contribution is 0.309. The normalized spacial score (nSPS) is 27.6. The number of aryl methyl sites for hydroxylation is 1. The molecule has 1 aromatic rings. The highest BCUT2D eigenvalue weighted by Crippen LogP contribution is 2.30. The summed E-state index contributed by atoms with van der Waals surface area (Å²) >= 11 is 0. The van der Waals surface area contributed by atoms with Gasteiger partial charge in [-0.25, -0.2) is 0 Å². The summed E-state index contributed by atoms with van der Waals surface area (Å²) in [7, 11) is 2.02. The Labute approximate surface area is 90.4 Å². The molecule has 15 heavy (non-hydrogen) atoms. The Morgan fingerprint density at radius 3 is 2.73 bits per heavy atom. The second-order valence-electron chi connectivity index (χ2n) is 4.32. The summed E-state index contributed by atoms with van der Waals surface area (Å²) in [5.41, 5.74) is 0. The van der Waals surface area contributed by atoms with Crippen LogP contribution in [0.2, 0.25) is 0 Å². The van der Waals surface area contributed by atoms with Crippen LogP contribution in [0.5, 0.6) is 0 Å². The fourth-order valence-electron chi connectivity index (χ4n) is 2.41. The molecule has 0 bridgehead atoms. The Morgan fingerprint density at radius 2 is 2.07 bits per heavy atom. The summed E-state index contributed by atoms with van der Waals surface area (Å²) in [6.45, 7) is 1.87. The van der Waals surface area contributed by atoms with Crippen molar-refractivity contribution in [2.75, 3.05) is 7.05 Å². The van der Waals surface area contributed by atoms with Crippen LogP contribution in [-0.2, 0) is 0 Å². The molecule has 4 heteroatoms. The Hall–Kier alpha value is -0.900. The molecule has 2 atom stereocenters. The van der Waals surface area contributed by atoms with E-state index in [1.807, 2.05) is 14.0 Å². The predicted molar refractivity (Wildman–Crippen MR) is 57.7 cm³/mol. The van der Waals surface area contributed by atoms with E-state index in [0.29, 0.717) is 12.0 Å². The molecule has 2 unspecified atom stereocenters. The van der Waals surface area contributed by atoms with Crippen molar-refractivity contribution in [1.82, 2.24) is 15.5 Å². The maximum Gasteiger partial charge on any atom is 0.231 e. The number of nitrogens with zero attached hydrogens (tertiary/aromatic N) is 2. The maximum atomic E-state index is 5.29. The predicted octanol–water partition coefficient (Wildman–Crippen LogP) is 2.01. The molecule has 0 spiro atoms. The molecule has 1 fully saturated rings. The van der Waals surface area contributed by atoms with Crippen molar-refractivity contribution >= 4 is 0 Å². The van der Waals surface area contributed by atoms with E-state index < -0.39 is 0 Å². The largest absolute Gasteiger partial charge is 0.339 e. The summed E-state index contributed by atoms with van der Waals surface area (Å²) in [5, 5.41) is 7.25. The summed E-state index contributed by atoms with van der Waals surface area (Å²) < 4.78 is 5.29. The minimum absolute atomic E-state index is 0.402. The highest BCUT2D eigenvalue weighted by molar-refractivity contribution is 4.99. The molecule has 1 saturated carbocycles. The molecule has 0 saturated heterocycles. The van der Waals surface area contributed by atoms with Gasteiger partial charge in [-0.1, -0.05) is 24.4 Å². The van der Waals surface area contributed by atoms with Crippen molar-refractivity contribution in [3.63, 3.8) is 0 Å². The fraction of sp³-hybridized carbons (Fsp3) is 0.818. The zero-order valence-electron chi connectivity index (χ0n) is 9.49. The minimum atomic E-state index is 0.402. The third-order valence-corrected chi connectivity index (χ3v) is 3.25. The smallest absolute Gasteiger partial charge is 0.231 e. The van der Waals surface area contributed by atoms with Crippen LogP contribution in [0, 0.1) is 6.92 Å². The van der Waals surface area contributed by atoms with Gasteiger partial charge in [-0.15, -0.1) is 0 Å². The van der Waals surface area contributed by atoms with Crippen molar-refractivity contribution < 1.29 is 4.52 Å². The molecule has 0 aliphatic heterocycles. The molecular weight excluding hydrogens is 190 g/mol. The first-order chi connectivity index (χ1) is 7.31. The molecule has 0 aromatic carbocycles. The fourth-order valence-corrected chi connectivity index (χ4v) is 2.41. The van der Waals surface area contributed by atoms with Crippen molar-refractivity contribution in [3.8, 4) is 0 Å². The van der Waals surface area contributed by atoms with E-state index in [4.69, 9.17) is 4.52 Å². The number of aromatic nitrogens is 2. The van der Waals surface area contributed by atoms with Crippen LogP contribution in [0.4, 0.5) is 0 Å². The first kappa shape index (κ1) is 10.6. The van der Waals surface area contributed by atoms with Crippen molar-refractivity contribution in [2.45, 2.75) is 51.0 Å². The van der Waals surface area contributed by atoms with Crippen molar-refractivity contribution in [3.05, 3.63) is 11.7 Å². The van der Waals surface area contributed by atoms with Crippen LogP contribution >= 0.6 is 0 Å². The molecule has 0 radical (unpaired) electrons. The maximum absolute atomic E-state index is 5.29. The van der Waals surface area contributed by atoms with Gasteiger partial charge in [0, 0.05) is 6.04 Å². The average molecular weight is 209 g/mol. The Morgan fingerprint density at radius 1 is 1.27 bits per heavy atom. The van der Waals surface area contributed by atoms with Gasteiger partial charge in [-0.3, -0.25) is 0 Å². The van der Waals surface area contributed by atoms with Gasteiger partial charge in [0.2, 0.25) is 5.89 Å². The van der Waals surface area contributed by atoms with Gasteiger partial charge < -0.3 is 9.84 Å². The van der Waals surface area contributed by atoms with Gasteiger partial charge in [0.05, 0.1) is 5.92 Å². The minimum Gasteiger partial charge on any atom is -0.339 e. The molecule has 1 aliphatic rings. The van der Waals surface area contributed by atoms with Crippen molar-refractivity contribution in [2.24, 2.45) is 0 Å². The first-order valence-corrected chi connectivity index (χ1v) is 5.78. The summed E-state index contributed by atoms with van der Waals surface area (Å²) in [6, 6.07) is 0.493. The van der Waals surface area contributed by atoms with E-state index in [9.17, 15) is 0 Å². The quantitative estimate of drug-likeness (QED) is 0.757.